The number of ether oxygens (including phenoxy) is 2. The maximum absolute atomic E-state index is 6.37. The van der Waals surface area contributed by atoms with Gasteiger partial charge in [-0.3, -0.25) is 4.90 Å². The Labute approximate surface area is 165 Å². The number of nitrogens with two attached hydrogens (primary N) is 2. The van der Waals surface area contributed by atoms with Crippen molar-refractivity contribution in [2.75, 3.05) is 63.2 Å². The molecule has 2 fully saturated rings. The largest absolute Gasteiger partial charge is 0.491 e. The lowest BCUT2D eigenvalue weighted by Gasteiger charge is -2.32. The van der Waals surface area contributed by atoms with Gasteiger partial charge in [0.2, 0.25) is 0 Å². The van der Waals surface area contributed by atoms with E-state index in [1.807, 2.05) is 0 Å². The third-order valence-electron chi connectivity index (χ3n) is 5.64. The maximum atomic E-state index is 6.37. The number of thiophene rings is 1. The third kappa shape index (κ3) is 4.16. The number of hydrogen-bond acceptors (Lipinski definition) is 7. The monoisotopic (exact) mass is 390 g/mol. The van der Waals surface area contributed by atoms with Crippen molar-refractivity contribution >= 4 is 32.8 Å². The van der Waals surface area contributed by atoms with Gasteiger partial charge < -0.3 is 25.8 Å². The molecule has 27 heavy (non-hydrogen) atoms. The minimum Gasteiger partial charge on any atom is -0.491 e. The normalized spacial score (nSPS) is 19.7. The molecule has 0 bridgehead atoms. The number of aryl methyl sites for hydroxylation is 1. The lowest BCUT2D eigenvalue weighted by Crippen LogP contribution is -2.39. The minimum absolute atomic E-state index is 0.328. The SMILES string of the molecule is Cc1sc2cc(N3CCC(N)CC3)cc(OCCN3CCOCC3)c2c1N. The molecule has 4 N–H and O–H groups in total. The average Bonchev–Trinajstić information content (AvgIpc) is 2.97. The van der Waals surface area contributed by atoms with E-state index in [-0.39, 0.29) is 0 Å². The van der Waals surface area contributed by atoms with Crippen LogP contribution in [-0.2, 0) is 4.74 Å². The van der Waals surface area contributed by atoms with Crippen LogP contribution in [0.3, 0.4) is 0 Å². The van der Waals surface area contributed by atoms with Crippen LogP contribution in [0.4, 0.5) is 11.4 Å². The van der Waals surface area contributed by atoms with Crippen LogP contribution in [0.15, 0.2) is 12.1 Å². The smallest absolute Gasteiger partial charge is 0.132 e. The first-order chi connectivity index (χ1) is 13.1. The molecule has 2 aromatic rings. The maximum Gasteiger partial charge on any atom is 0.132 e. The van der Waals surface area contributed by atoms with E-state index in [0.29, 0.717) is 12.6 Å². The van der Waals surface area contributed by atoms with E-state index in [9.17, 15) is 0 Å². The predicted octanol–water partition coefficient (Wildman–Crippen LogP) is 2.43. The molecular formula is C20H30N4O2S. The van der Waals surface area contributed by atoms with Crippen molar-refractivity contribution in [1.82, 2.24) is 4.90 Å². The Morgan fingerprint density at radius 3 is 2.67 bits per heavy atom. The summed E-state index contributed by atoms with van der Waals surface area (Å²) in [6, 6.07) is 4.75. The molecule has 0 atom stereocenters. The number of piperidine rings is 1. The summed E-state index contributed by atoms with van der Waals surface area (Å²) >= 11 is 1.75. The topological polar surface area (TPSA) is 77.0 Å². The predicted molar refractivity (Wildman–Crippen MR) is 113 cm³/mol. The highest BCUT2D eigenvalue weighted by Crippen LogP contribution is 2.42. The summed E-state index contributed by atoms with van der Waals surface area (Å²) in [6.07, 6.45) is 2.08. The van der Waals surface area contributed by atoms with Crippen LogP contribution in [0, 0.1) is 6.92 Å². The first-order valence-electron chi connectivity index (χ1n) is 9.88. The van der Waals surface area contributed by atoms with Gasteiger partial charge in [0.15, 0.2) is 0 Å². The molecule has 0 saturated carbocycles. The molecule has 0 aliphatic carbocycles. The van der Waals surface area contributed by atoms with E-state index in [2.05, 4.69) is 28.9 Å². The van der Waals surface area contributed by atoms with E-state index in [1.165, 1.54) is 10.4 Å². The second kappa shape index (κ2) is 8.22. The van der Waals surface area contributed by atoms with Crippen molar-refractivity contribution in [3.8, 4) is 5.75 Å². The zero-order valence-electron chi connectivity index (χ0n) is 16.1. The van der Waals surface area contributed by atoms with Crippen molar-refractivity contribution in [3.05, 3.63) is 17.0 Å². The molecule has 0 unspecified atom stereocenters. The Kier molecular flexibility index (Phi) is 5.73. The van der Waals surface area contributed by atoms with E-state index in [4.69, 9.17) is 20.9 Å². The van der Waals surface area contributed by atoms with E-state index in [0.717, 1.165) is 80.5 Å². The molecule has 3 heterocycles. The summed E-state index contributed by atoms with van der Waals surface area (Å²) in [4.78, 5) is 5.96. The van der Waals surface area contributed by atoms with E-state index in [1.54, 1.807) is 11.3 Å². The minimum atomic E-state index is 0.328. The average molecular weight is 391 g/mol. The standard InChI is InChI=1S/C20H30N4O2S/c1-14-20(22)19-17(26-11-8-23-6-9-25-10-7-23)12-16(13-18(19)27-14)24-4-2-15(21)3-5-24/h12-13,15H,2-11,21-22H2,1H3. The molecule has 148 valence electrons. The van der Waals surface area contributed by atoms with Gasteiger partial charge in [0, 0.05) is 60.1 Å². The summed E-state index contributed by atoms with van der Waals surface area (Å²) in [6.45, 7) is 9.24. The molecule has 7 heteroatoms. The lowest BCUT2D eigenvalue weighted by atomic mass is 10.0. The van der Waals surface area contributed by atoms with Gasteiger partial charge in [-0.15, -0.1) is 11.3 Å². The zero-order chi connectivity index (χ0) is 18.8. The highest BCUT2D eigenvalue weighted by atomic mass is 32.1. The number of benzene rings is 1. The lowest BCUT2D eigenvalue weighted by molar-refractivity contribution is 0.0323. The quantitative estimate of drug-likeness (QED) is 0.817. The van der Waals surface area contributed by atoms with Gasteiger partial charge in [-0.2, -0.15) is 0 Å². The van der Waals surface area contributed by atoms with Crippen LogP contribution in [0.25, 0.3) is 10.1 Å². The van der Waals surface area contributed by atoms with Crippen molar-refractivity contribution in [3.63, 3.8) is 0 Å². The van der Waals surface area contributed by atoms with Crippen LogP contribution in [0.2, 0.25) is 0 Å². The second-order valence-electron chi connectivity index (χ2n) is 7.52. The molecule has 1 aromatic heterocycles. The molecule has 0 spiro atoms. The molecule has 2 aliphatic heterocycles. The van der Waals surface area contributed by atoms with Crippen LogP contribution in [0.5, 0.6) is 5.75 Å². The molecule has 1 aromatic carbocycles. The van der Waals surface area contributed by atoms with Crippen LogP contribution >= 0.6 is 11.3 Å². The van der Waals surface area contributed by atoms with Gasteiger partial charge >= 0.3 is 0 Å². The number of morpholine rings is 1. The first kappa shape index (κ1) is 18.8. The zero-order valence-corrected chi connectivity index (χ0v) is 16.9. The fourth-order valence-electron chi connectivity index (χ4n) is 3.88. The van der Waals surface area contributed by atoms with Gasteiger partial charge in [0.25, 0.3) is 0 Å². The Hall–Kier alpha value is -1.54. The fraction of sp³-hybridized carbons (Fsp3) is 0.600. The third-order valence-corrected chi connectivity index (χ3v) is 6.70. The molecule has 4 rings (SSSR count). The Balaban J connectivity index is 1.55. The van der Waals surface area contributed by atoms with Gasteiger partial charge in [0.1, 0.15) is 12.4 Å². The molecule has 2 aliphatic rings. The van der Waals surface area contributed by atoms with E-state index < -0.39 is 0 Å². The first-order valence-corrected chi connectivity index (χ1v) is 10.7. The number of fused-ring (bicyclic) bond motifs is 1. The summed E-state index contributed by atoms with van der Waals surface area (Å²) in [5.74, 6) is 0.910. The van der Waals surface area contributed by atoms with Gasteiger partial charge in [0.05, 0.1) is 24.3 Å². The molecule has 0 radical (unpaired) electrons. The van der Waals surface area contributed by atoms with Gasteiger partial charge in [-0.25, -0.2) is 0 Å². The number of rotatable bonds is 5. The number of anilines is 2. The number of hydrogen-bond donors (Lipinski definition) is 2. The van der Waals surface area contributed by atoms with Crippen molar-refractivity contribution in [2.24, 2.45) is 5.73 Å². The summed E-state index contributed by atoms with van der Waals surface area (Å²) in [7, 11) is 0. The van der Waals surface area contributed by atoms with Crippen molar-refractivity contribution in [1.29, 1.82) is 0 Å². The van der Waals surface area contributed by atoms with Gasteiger partial charge in [-0.1, -0.05) is 0 Å². The summed E-state index contributed by atoms with van der Waals surface area (Å²) < 4.78 is 12.9. The number of nitrogen functional groups attached to an aromatic ring is 1. The highest BCUT2D eigenvalue weighted by Gasteiger charge is 2.20. The molecular weight excluding hydrogens is 360 g/mol. The van der Waals surface area contributed by atoms with Crippen molar-refractivity contribution < 1.29 is 9.47 Å². The second-order valence-corrected chi connectivity index (χ2v) is 8.77. The number of nitrogens with zero attached hydrogens (tertiary/aromatic N) is 2. The molecule has 0 amide bonds. The highest BCUT2D eigenvalue weighted by molar-refractivity contribution is 7.19. The van der Waals surface area contributed by atoms with Crippen molar-refractivity contribution in [2.45, 2.75) is 25.8 Å². The van der Waals surface area contributed by atoms with Crippen LogP contribution < -0.4 is 21.1 Å². The van der Waals surface area contributed by atoms with Crippen LogP contribution in [0.1, 0.15) is 17.7 Å². The summed E-state index contributed by atoms with van der Waals surface area (Å²) in [5.41, 5.74) is 14.5. The Bertz CT molecular complexity index is 780. The van der Waals surface area contributed by atoms with Crippen LogP contribution in [-0.4, -0.2) is 63.5 Å². The van der Waals surface area contributed by atoms with Gasteiger partial charge in [-0.05, 0) is 25.8 Å². The Morgan fingerprint density at radius 1 is 1.19 bits per heavy atom. The van der Waals surface area contributed by atoms with E-state index >= 15 is 0 Å². The fourth-order valence-corrected chi connectivity index (χ4v) is 4.92. The molecule has 2 saturated heterocycles. The summed E-state index contributed by atoms with van der Waals surface area (Å²) in [5, 5.41) is 1.07. The Morgan fingerprint density at radius 2 is 1.93 bits per heavy atom. The molecule has 6 nitrogen and oxygen atoms in total.